The number of nitrogens with one attached hydrogen (secondary N) is 1. The van der Waals surface area contributed by atoms with Crippen molar-refractivity contribution in [1.29, 1.82) is 0 Å². The van der Waals surface area contributed by atoms with Crippen LogP contribution in [0.5, 0.6) is 0 Å². The third-order valence-electron chi connectivity index (χ3n) is 3.47. The van der Waals surface area contributed by atoms with E-state index in [0.29, 0.717) is 0 Å². The smallest absolute Gasteiger partial charge is 0.135 e. The number of halogens is 1. The van der Waals surface area contributed by atoms with E-state index >= 15 is 0 Å². The molecule has 0 unspecified atom stereocenters. The minimum absolute atomic E-state index is 0.227. The second-order valence-corrected chi connectivity index (χ2v) is 5.20. The van der Waals surface area contributed by atoms with Gasteiger partial charge in [0.2, 0.25) is 0 Å². The summed E-state index contributed by atoms with van der Waals surface area (Å²) in [6, 6.07) is 7.26. The summed E-state index contributed by atoms with van der Waals surface area (Å²) in [6.45, 7) is 3.04. The Labute approximate surface area is 112 Å². The number of fused-ring (bicyclic) bond motifs is 1. The van der Waals surface area contributed by atoms with E-state index < -0.39 is 0 Å². The molecule has 0 bridgehead atoms. The molecule has 1 aromatic heterocycles. The van der Waals surface area contributed by atoms with Gasteiger partial charge in [0.15, 0.2) is 0 Å². The van der Waals surface area contributed by atoms with Gasteiger partial charge in [-0.1, -0.05) is 6.08 Å². The largest absolute Gasteiger partial charge is 0.456 e. The van der Waals surface area contributed by atoms with Gasteiger partial charge in [0, 0.05) is 11.4 Å². The zero-order chi connectivity index (χ0) is 13.2. The lowest BCUT2D eigenvalue weighted by Gasteiger charge is -1.99. The Kier molecular flexibility index (Phi) is 3.38. The predicted molar refractivity (Wildman–Crippen MR) is 75.5 cm³/mol. The molecule has 1 fully saturated rings. The van der Waals surface area contributed by atoms with E-state index in [4.69, 9.17) is 4.42 Å². The molecule has 19 heavy (non-hydrogen) atoms. The highest BCUT2D eigenvalue weighted by Gasteiger charge is 2.19. The average molecular weight is 259 g/mol. The van der Waals surface area contributed by atoms with Crippen LogP contribution in [0.1, 0.15) is 31.9 Å². The van der Waals surface area contributed by atoms with Crippen LogP contribution in [-0.4, -0.2) is 12.6 Å². The highest BCUT2D eigenvalue weighted by Crippen LogP contribution is 2.25. The minimum Gasteiger partial charge on any atom is -0.456 e. The molecule has 0 saturated heterocycles. The van der Waals surface area contributed by atoms with E-state index in [1.54, 1.807) is 6.07 Å². The van der Waals surface area contributed by atoms with Crippen LogP contribution in [0.25, 0.3) is 16.5 Å². The van der Waals surface area contributed by atoms with Crippen molar-refractivity contribution in [3.05, 3.63) is 41.9 Å². The van der Waals surface area contributed by atoms with Crippen molar-refractivity contribution in [1.82, 2.24) is 5.32 Å². The molecule has 0 amide bonds. The summed E-state index contributed by atoms with van der Waals surface area (Å²) in [6.07, 6.45) is 5.80. The van der Waals surface area contributed by atoms with Gasteiger partial charge in [-0.25, -0.2) is 4.39 Å². The summed E-state index contributed by atoms with van der Waals surface area (Å²) in [5, 5.41) is 4.29. The van der Waals surface area contributed by atoms with Gasteiger partial charge in [0.1, 0.15) is 17.2 Å². The normalized spacial score (nSPS) is 16.2. The molecule has 1 N–H and O–H groups in total. The number of hydrogen-bond donors (Lipinski definition) is 1. The van der Waals surface area contributed by atoms with Crippen LogP contribution in [0.3, 0.4) is 0 Å². The van der Waals surface area contributed by atoms with Gasteiger partial charge >= 0.3 is 0 Å². The second kappa shape index (κ2) is 5.17. The fourth-order valence-corrected chi connectivity index (χ4v) is 2.17. The quantitative estimate of drug-likeness (QED) is 0.817. The van der Waals surface area contributed by atoms with E-state index in [9.17, 15) is 4.39 Å². The van der Waals surface area contributed by atoms with Gasteiger partial charge < -0.3 is 9.73 Å². The zero-order valence-electron chi connectivity index (χ0n) is 11.1. The van der Waals surface area contributed by atoms with Gasteiger partial charge in [-0.15, -0.1) is 0 Å². The number of rotatable bonds is 5. The second-order valence-electron chi connectivity index (χ2n) is 5.20. The van der Waals surface area contributed by atoms with Crippen LogP contribution in [0, 0.1) is 5.82 Å². The number of hydrogen-bond acceptors (Lipinski definition) is 2. The Morgan fingerprint density at radius 1 is 1.42 bits per heavy atom. The third kappa shape index (κ3) is 3.04. The van der Waals surface area contributed by atoms with E-state index in [2.05, 4.69) is 11.4 Å². The van der Waals surface area contributed by atoms with Gasteiger partial charge in [-0.05, 0) is 62.6 Å². The van der Waals surface area contributed by atoms with Crippen LogP contribution in [0.2, 0.25) is 0 Å². The monoisotopic (exact) mass is 259 g/mol. The van der Waals surface area contributed by atoms with Crippen molar-refractivity contribution >= 4 is 16.5 Å². The summed E-state index contributed by atoms with van der Waals surface area (Å²) in [5.41, 5.74) is 1.84. The lowest BCUT2D eigenvalue weighted by atomic mass is 10.1. The van der Waals surface area contributed by atoms with Gasteiger partial charge in [0.25, 0.3) is 0 Å². The van der Waals surface area contributed by atoms with Crippen molar-refractivity contribution in [3.8, 4) is 0 Å². The first kappa shape index (κ1) is 12.4. The standard InChI is InChI=1S/C16H18FNO/c1-11(3-2-8-18-14-5-6-14)16-10-12-9-13(17)4-7-15(12)19-16/h3-4,7,9-10,14,18H,2,5-6,8H2,1H3/b11-3-. The van der Waals surface area contributed by atoms with Gasteiger partial charge in [0.05, 0.1) is 0 Å². The van der Waals surface area contributed by atoms with Crippen LogP contribution < -0.4 is 5.32 Å². The topological polar surface area (TPSA) is 25.2 Å². The molecule has 1 aliphatic rings. The minimum atomic E-state index is -0.227. The predicted octanol–water partition coefficient (Wildman–Crippen LogP) is 4.12. The molecule has 0 radical (unpaired) electrons. The van der Waals surface area contributed by atoms with Crippen LogP contribution in [0.15, 0.2) is 34.8 Å². The molecule has 1 saturated carbocycles. The first-order chi connectivity index (χ1) is 9.22. The number of benzene rings is 1. The fourth-order valence-electron chi connectivity index (χ4n) is 2.17. The number of allylic oxidation sites excluding steroid dienone is 1. The van der Waals surface area contributed by atoms with Crippen molar-refractivity contribution in [2.75, 3.05) is 6.54 Å². The SMILES string of the molecule is C/C(=C/CCNC1CC1)c1cc2cc(F)ccc2o1. The van der Waals surface area contributed by atoms with E-state index in [0.717, 1.165) is 41.3 Å². The van der Waals surface area contributed by atoms with Crippen molar-refractivity contribution in [2.45, 2.75) is 32.2 Å². The van der Waals surface area contributed by atoms with E-state index in [1.807, 2.05) is 13.0 Å². The molecule has 0 atom stereocenters. The number of furan rings is 1. The van der Waals surface area contributed by atoms with Gasteiger partial charge in [-0.3, -0.25) is 0 Å². The summed E-state index contributed by atoms with van der Waals surface area (Å²) in [4.78, 5) is 0. The molecule has 0 aliphatic heterocycles. The third-order valence-corrected chi connectivity index (χ3v) is 3.47. The molecular formula is C16H18FNO. The van der Waals surface area contributed by atoms with E-state index in [-0.39, 0.29) is 5.82 Å². The lowest BCUT2D eigenvalue weighted by molar-refractivity contribution is 0.595. The molecular weight excluding hydrogens is 241 g/mol. The zero-order valence-corrected chi connectivity index (χ0v) is 11.1. The Morgan fingerprint density at radius 3 is 3.05 bits per heavy atom. The molecule has 0 spiro atoms. The van der Waals surface area contributed by atoms with Crippen LogP contribution in [0.4, 0.5) is 4.39 Å². The summed E-state index contributed by atoms with van der Waals surface area (Å²) in [7, 11) is 0. The maximum absolute atomic E-state index is 13.1. The molecule has 2 nitrogen and oxygen atoms in total. The fraction of sp³-hybridized carbons (Fsp3) is 0.375. The van der Waals surface area contributed by atoms with E-state index in [1.165, 1.54) is 25.0 Å². The first-order valence-electron chi connectivity index (χ1n) is 6.82. The molecule has 1 aromatic carbocycles. The maximum Gasteiger partial charge on any atom is 0.135 e. The van der Waals surface area contributed by atoms with Crippen molar-refractivity contribution in [2.24, 2.45) is 0 Å². The Hall–Kier alpha value is -1.61. The van der Waals surface area contributed by atoms with Crippen molar-refractivity contribution < 1.29 is 8.81 Å². The molecule has 1 heterocycles. The highest BCUT2D eigenvalue weighted by atomic mass is 19.1. The van der Waals surface area contributed by atoms with Crippen LogP contribution >= 0.6 is 0 Å². The molecule has 3 rings (SSSR count). The van der Waals surface area contributed by atoms with Crippen LogP contribution in [-0.2, 0) is 0 Å². The Morgan fingerprint density at radius 2 is 2.26 bits per heavy atom. The summed E-state index contributed by atoms with van der Waals surface area (Å²) in [5.74, 6) is 0.599. The Bertz CT molecular complexity index is 610. The summed E-state index contributed by atoms with van der Waals surface area (Å²) < 4.78 is 18.8. The molecule has 100 valence electrons. The van der Waals surface area contributed by atoms with Crippen molar-refractivity contribution in [3.63, 3.8) is 0 Å². The molecule has 2 aromatic rings. The highest BCUT2D eigenvalue weighted by molar-refractivity contribution is 5.81. The molecule has 3 heteroatoms. The maximum atomic E-state index is 13.1. The lowest BCUT2D eigenvalue weighted by Crippen LogP contribution is -2.16. The first-order valence-corrected chi connectivity index (χ1v) is 6.82. The summed E-state index contributed by atoms with van der Waals surface area (Å²) >= 11 is 0. The van der Waals surface area contributed by atoms with Gasteiger partial charge in [-0.2, -0.15) is 0 Å². The molecule has 1 aliphatic carbocycles. The average Bonchev–Trinajstić information content (AvgIpc) is 3.12. The Balaban J connectivity index is 1.69.